The molecular formula is C20H23N4O4S+. The molecule has 1 atom stereocenters. The second kappa shape index (κ2) is 8.24. The Labute approximate surface area is 171 Å². The van der Waals surface area contributed by atoms with Gasteiger partial charge in [0.05, 0.1) is 10.4 Å². The lowest BCUT2D eigenvalue weighted by molar-refractivity contribution is -0.701. The molecule has 5 N–H and O–H groups in total. The molecule has 0 amide bonds. The van der Waals surface area contributed by atoms with Gasteiger partial charge in [0.25, 0.3) is 10.6 Å². The first-order valence-corrected chi connectivity index (χ1v) is 9.83. The fourth-order valence-corrected chi connectivity index (χ4v) is 4.51. The monoisotopic (exact) mass is 415 g/mol. The molecule has 0 aliphatic heterocycles. The quantitative estimate of drug-likeness (QED) is 0.422. The number of aromatic nitrogens is 3. The first kappa shape index (κ1) is 20.8. The molecule has 0 saturated carbocycles. The van der Waals surface area contributed by atoms with Crippen LogP contribution in [0.15, 0.2) is 36.5 Å². The summed E-state index contributed by atoms with van der Waals surface area (Å²) in [5.41, 5.74) is 5.37. The average Bonchev–Trinajstić information content (AvgIpc) is 3.00. The van der Waals surface area contributed by atoms with E-state index in [2.05, 4.69) is 9.97 Å². The molecule has 0 bridgehead atoms. The van der Waals surface area contributed by atoms with Crippen molar-refractivity contribution in [2.75, 3.05) is 12.3 Å². The van der Waals surface area contributed by atoms with E-state index >= 15 is 0 Å². The summed E-state index contributed by atoms with van der Waals surface area (Å²) >= 11 is 1.16. The molecule has 0 saturated heterocycles. The van der Waals surface area contributed by atoms with Crippen LogP contribution in [0.3, 0.4) is 0 Å². The summed E-state index contributed by atoms with van der Waals surface area (Å²) < 4.78 is 1.71. The third-order valence-corrected chi connectivity index (χ3v) is 6.22. The molecule has 2 aromatic heterocycles. The van der Waals surface area contributed by atoms with Crippen LogP contribution >= 0.6 is 11.3 Å². The average molecular weight is 415 g/mol. The van der Waals surface area contributed by atoms with Crippen LogP contribution in [0, 0.1) is 13.8 Å². The lowest BCUT2D eigenvalue weighted by Gasteiger charge is -2.20. The molecule has 0 aliphatic rings. The smallest absolute Gasteiger partial charge is 0.352 e. The number of rotatable bonds is 7. The number of nitrogens with zero attached hydrogens (tertiary/aromatic N) is 3. The van der Waals surface area contributed by atoms with Gasteiger partial charge in [-0.15, -0.1) is 0 Å². The van der Waals surface area contributed by atoms with Crippen molar-refractivity contribution >= 4 is 23.1 Å². The number of nitrogens with two attached hydrogens (primary N) is 1. The lowest BCUT2D eigenvalue weighted by Crippen LogP contribution is -2.50. The van der Waals surface area contributed by atoms with Crippen molar-refractivity contribution < 1.29 is 24.7 Å². The zero-order valence-corrected chi connectivity index (χ0v) is 17.0. The van der Waals surface area contributed by atoms with Gasteiger partial charge in [-0.25, -0.2) is 14.8 Å². The van der Waals surface area contributed by atoms with Crippen molar-refractivity contribution in [2.45, 2.75) is 32.4 Å². The Morgan fingerprint density at radius 3 is 2.55 bits per heavy atom. The summed E-state index contributed by atoms with van der Waals surface area (Å²) in [7, 11) is 0. The van der Waals surface area contributed by atoms with Gasteiger partial charge in [-0.2, -0.15) is 4.57 Å². The SMILES string of the molecule is Cc1ncc(C[n+]2c(C(O)(C(=O)O)c3ccccc3)sc(CCO)c2C)c(N)n1. The highest BCUT2D eigenvalue weighted by Gasteiger charge is 2.50. The van der Waals surface area contributed by atoms with Gasteiger partial charge in [-0.05, 0) is 6.92 Å². The first-order chi connectivity index (χ1) is 13.8. The van der Waals surface area contributed by atoms with Gasteiger partial charge in [-0.1, -0.05) is 41.7 Å². The summed E-state index contributed by atoms with van der Waals surface area (Å²) in [6.07, 6.45) is 1.94. The zero-order valence-electron chi connectivity index (χ0n) is 16.2. The van der Waals surface area contributed by atoms with Gasteiger partial charge >= 0.3 is 5.97 Å². The van der Waals surface area contributed by atoms with Crippen molar-refractivity contribution in [1.82, 2.24) is 9.97 Å². The van der Waals surface area contributed by atoms with Gasteiger partial charge in [-0.3, -0.25) is 0 Å². The largest absolute Gasteiger partial charge is 0.478 e. The number of benzene rings is 1. The van der Waals surface area contributed by atoms with E-state index in [4.69, 9.17) is 5.73 Å². The minimum absolute atomic E-state index is 0.0899. The third kappa shape index (κ3) is 3.84. The number of carboxylic acids is 1. The number of carbonyl (C=O) groups is 1. The Hall–Kier alpha value is -2.88. The molecule has 1 unspecified atom stereocenters. The number of hydrogen-bond donors (Lipinski definition) is 4. The fraction of sp³-hybridized carbons (Fsp3) is 0.300. The Morgan fingerprint density at radius 2 is 1.97 bits per heavy atom. The molecule has 9 heteroatoms. The van der Waals surface area contributed by atoms with E-state index in [-0.39, 0.29) is 23.7 Å². The van der Waals surface area contributed by atoms with Crippen molar-refractivity contribution in [3.63, 3.8) is 0 Å². The maximum atomic E-state index is 12.3. The number of aliphatic hydroxyl groups is 2. The van der Waals surface area contributed by atoms with E-state index in [0.29, 0.717) is 23.6 Å². The molecule has 3 aromatic rings. The van der Waals surface area contributed by atoms with Crippen LogP contribution in [0.2, 0.25) is 0 Å². The second-order valence-corrected chi connectivity index (χ2v) is 7.77. The fourth-order valence-electron chi connectivity index (χ4n) is 3.16. The summed E-state index contributed by atoms with van der Waals surface area (Å²) in [6.45, 7) is 3.65. The van der Waals surface area contributed by atoms with Crippen LogP contribution in [0.25, 0.3) is 0 Å². The van der Waals surface area contributed by atoms with Crippen LogP contribution in [0.4, 0.5) is 5.82 Å². The van der Waals surface area contributed by atoms with E-state index in [9.17, 15) is 20.1 Å². The minimum Gasteiger partial charge on any atom is -0.478 e. The highest BCUT2D eigenvalue weighted by atomic mass is 32.1. The van der Waals surface area contributed by atoms with Crippen LogP contribution in [0.5, 0.6) is 0 Å². The number of aryl methyl sites for hydroxylation is 1. The molecule has 29 heavy (non-hydrogen) atoms. The maximum Gasteiger partial charge on any atom is 0.352 e. The van der Waals surface area contributed by atoms with E-state index in [0.717, 1.165) is 21.9 Å². The number of nitrogen functional groups attached to an aromatic ring is 1. The molecule has 0 radical (unpaired) electrons. The number of aliphatic carboxylic acids is 1. The van der Waals surface area contributed by atoms with Crippen molar-refractivity contribution in [1.29, 1.82) is 0 Å². The van der Waals surface area contributed by atoms with Crippen molar-refractivity contribution in [2.24, 2.45) is 0 Å². The number of hydrogen-bond acceptors (Lipinski definition) is 7. The van der Waals surface area contributed by atoms with Crippen LogP contribution < -0.4 is 10.3 Å². The molecule has 0 fully saturated rings. The van der Waals surface area contributed by atoms with E-state index in [1.165, 1.54) is 0 Å². The van der Waals surface area contributed by atoms with E-state index < -0.39 is 11.6 Å². The van der Waals surface area contributed by atoms with Gasteiger partial charge in [0.15, 0.2) is 12.2 Å². The molecule has 1 aromatic carbocycles. The molecule has 152 valence electrons. The summed E-state index contributed by atoms with van der Waals surface area (Å²) in [4.78, 5) is 21.4. The van der Waals surface area contributed by atoms with E-state index in [1.807, 2.05) is 6.92 Å². The number of thiazole rings is 1. The number of anilines is 1. The second-order valence-electron chi connectivity index (χ2n) is 6.68. The van der Waals surface area contributed by atoms with Crippen molar-refractivity contribution in [3.05, 3.63) is 69.1 Å². The maximum absolute atomic E-state index is 12.3. The predicted molar refractivity (Wildman–Crippen MR) is 107 cm³/mol. The predicted octanol–water partition coefficient (Wildman–Crippen LogP) is 0.928. The third-order valence-electron chi connectivity index (χ3n) is 4.77. The molecule has 3 rings (SSSR count). The van der Waals surface area contributed by atoms with E-state index in [1.54, 1.807) is 48.0 Å². The Kier molecular flexibility index (Phi) is 5.92. The number of aliphatic hydroxyl groups excluding tert-OH is 1. The molecule has 0 spiro atoms. The van der Waals surface area contributed by atoms with Gasteiger partial charge in [0.2, 0.25) is 0 Å². The number of carboxylic acid groups (broad SMARTS) is 1. The summed E-state index contributed by atoms with van der Waals surface area (Å²) in [5, 5.41) is 31.0. The summed E-state index contributed by atoms with van der Waals surface area (Å²) in [6, 6.07) is 8.25. The van der Waals surface area contributed by atoms with Gasteiger partial charge < -0.3 is 21.1 Å². The molecule has 8 nitrogen and oxygen atoms in total. The highest BCUT2D eigenvalue weighted by Crippen LogP contribution is 2.34. The Morgan fingerprint density at radius 1 is 1.28 bits per heavy atom. The highest BCUT2D eigenvalue weighted by molar-refractivity contribution is 7.11. The lowest BCUT2D eigenvalue weighted by atomic mass is 9.94. The van der Waals surface area contributed by atoms with Crippen LogP contribution in [-0.4, -0.2) is 37.9 Å². The zero-order chi connectivity index (χ0) is 21.2. The minimum atomic E-state index is -2.26. The van der Waals surface area contributed by atoms with Crippen LogP contribution in [0.1, 0.15) is 32.5 Å². The molecule has 0 aliphatic carbocycles. The van der Waals surface area contributed by atoms with Gasteiger partial charge in [0, 0.05) is 31.7 Å². The normalized spacial score (nSPS) is 13.2. The van der Waals surface area contributed by atoms with Crippen LogP contribution in [-0.2, 0) is 23.4 Å². The Balaban J connectivity index is 2.21. The first-order valence-electron chi connectivity index (χ1n) is 9.01. The molecular weight excluding hydrogens is 392 g/mol. The van der Waals surface area contributed by atoms with Crippen molar-refractivity contribution in [3.8, 4) is 0 Å². The topological polar surface area (TPSA) is 133 Å². The van der Waals surface area contributed by atoms with Gasteiger partial charge in [0.1, 0.15) is 11.6 Å². The summed E-state index contributed by atoms with van der Waals surface area (Å²) in [5.74, 6) is -0.558. The molecule has 2 heterocycles. The standard InChI is InChI=1S/C20H22N4O4S/c1-12-16(8-9-25)29-18(20(28,19(26)27)15-6-4-3-5-7-15)24(12)11-14-10-22-13(2)23-17(14)21/h3-7,10,25,28H,8-9,11H2,1-2H3,(H2-,21,22,23,26,27)/p+1. The Bertz CT molecular complexity index is 1040.